The summed E-state index contributed by atoms with van der Waals surface area (Å²) in [6, 6.07) is 12.0. The van der Waals surface area contributed by atoms with E-state index in [1.165, 1.54) is 0 Å². The lowest BCUT2D eigenvalue weighted by atomic mass is 10.2. The Balaban J connectivity index is 1.86. The predicted octanol–water partition coefficient (Wildman–Crippen LogP) is 3.34. The zero-order valence-corrected chi connectivity index (χ0v) is 15.3. The molecule has 25 heavy (non-hydrogen) atoms. The molecule has 1 fully saturated rings. The van der Waals surface area contributed by atoms with E-state index in [2.05, 4.69) is 4.72 Å². The molecule has 1 N–H and O–H groups in total. The van der Waals surface area contributed by atoms with Gasteiger partial charge in [0, 0.05) is 24.3 Å². The molecular weight excluding hydrogens is 336 g/mol. The van der Waals surface area contributed by atoms with Crippen LogP contribution in [0.5, 0.6) is 0 Å². The minimum absolute atomic E-state index is 0.0507. The van der Waals surface area contributed by atoms with E-state index in [-0.39, 0.29) is 10.8 Å². The maximum Gasteiger partial charge on any atom is 0.262 e. The van der Waals surface area contributed by atoms with Crippen LogP contribution in [-0.4, -0.2) is 32.3 Å². The molecule has 1 amide bonds. The Kier molecular flexibility index (Phi) is 4.81. The quantitative estimate of drug-likeness (QED) is 0.911. The van der Waals surface area contributed by atoms with Crippen LogP contribution < -0.4 is 4.72 Å². The van der Waals surface area contributed by atoms with Gasteiger partial charge in [-0.15, -0.1) is 0 Å². The first-order chi connectivity index (χ1) is 11.9. The van der Waals surface area contributed by atoms with Gasteiger partial charge in [0.25, 0.3) is 15.9 Å². The van der Waals surface area contributed by atoms with E-state index in [9.17, 15) is 13.2 Å². The molecule has 0 bridgehead atoms. The Morgan fingerprint density at radius 2 is 1.76 bits per heavy atom. The van der Waals surface area contributed by atoms with Crippen LogP contribution in [0.4, 0.5) is 5.69 Å². The molecule has 0 aliphatic carbocycles. The lowest BCUT2D eigenvalue weighted by molar-refractivity contribution is 0.0793. The molecule has 0 spiro atoms. The van der Waals surface area contributed by atoms with Crippen molar-refractivity contribution < 1.29 is 13.2 Å². The molecule has 0 saturated carbocycles. The highest BCUT2D eigenvalue weighted by molar-refractivity contribution is 7.92. The van der Waals surface area contributed by atoms with Crippen LogP contribution in [0.1, 0.15) is 34.3 Å². The number of nitrogens with one attached hydrogen (secondary N) is 1. The second-order valence-electron chi connectivity index (χ2n) is 6.45. The van der Waals surface area contributed by atoms with Crippen molar-refractivity contribution in [3.8, 4) is 0 Å². The number of rotatable bonds is 4. The Hall–Kier alpha value is -2.34. The largest absolute Gasteiger partial charge is 0.339 e. The van der Waals surface area contributed by atoms with Crippen LogP contribution in [0, 0.1) is 13.8 Å². The molecule has 0 unspecified atom stereocenters. The van der Waals surface area contributed by atoms with E-state index in [4.69, 9.17) is 0 Å². The first kappa shape index (κ1) is 17.5. The van der Waals surface area contributed by atoms with E-state index in [0.717, 1.165) is 31.5 Å². The molecule has 1 aliphatic heterocycles. The van der Waals surface area contributed by atoms with E-state index in [0.29, 0.717) is 16.8 Å². The maximum atomic E-state index is 12.7. The molecule has 2 aromatic rings. The second-order valence-corrected chi connectivity index (χ2v) is 8.11. The summed E-state index contributed by atoms with van der Waals surface area (Å²) in [6.07, 6.45) is 2.04. The van der Waals surface area contributed by atoms with Gasteiger partial charge in [0.15, 0.2) is 0 Å². The van der Waals surface area contributed by atoms with Crippen molar-refractivity contribution in [2.24, 2.45) is 0 Å². The summed E-state index contributed by atoms with van der Waals surface area (Å²) in [5.74, 6) is -0.0507. The van der Waals surface area contributed by atoms with Crippen LogP contribution >= 0.6 is 0 Å². The van der Waals surface area contributed by atoms with Gasteiger partial charge in [-0.25, -0.2) is 8.42 Å². The first-order valence-electron chi connectivity index (χ1n) is 8.36. The average Bonchev–Trinajstić information content (AvgIpc) is 3.10. The van der Waals surface area contributed by atoms with Gasteiger partial charge in [0.1, 0.15) is 0 Å². The van der Waals surface area contributed by atoms with Gasteiger partial charge in [-0.3, -0.25) is 9.52 Å². The lowest BCUT2D eigenvalue weighted by Crippen LogP contribution is -2.27. The number of amides is 1. The fraction of sp³-hybridized carbons (Fsp3) is 0.316. The van der Waals surface area contributed by atoms with Crippen LogP contribution in [0.2, 0.25) is 0 Å². The molecule has 5 nitrogen and oxygen atoms in total. The van der Waals surface area contributed by atoms with Gasteiger partial charge < -0.3 is 4.90 Å². The zero-order chi connectivity index (χ0) is 18.0. The van der Waals surface area contributed by atoms with Crippen molar-refractivity contribution in [3.63, 3.8) is 0 Å². The topological polar surface area (TPSA) is 66.5 Å². The van der Waals surface area contributed by atoms with Gasteiger partial charge >= 0.3 is 0 Å². The molecule has 2 aromatic carbocycles. The monoisotopic (exact) mass is 358 g/mol. The van der Waals surface area contributed by atoms with E-state index in [1.54, 1.807) is 48.2 Å². The summed E-state index contributed by atoms with van der Waals surface area (Å²) < 4.78 is 28.0. The van der Waals surface area contributed by atoms with Gasteiger partial charge in [0.05, 0.1) is 4.90 Å². The van der Waals surface area contributed by atoms with Crippen molar-refractivity contribution in [3.05, 3.63) is 59.2 Å². The highest BCUT2D eigenvalue weighted by Gasteiger charge is 2.21. The normalized spacial score (nSPS) is 14.6. The predicted molar refractivity (Wildman–Crippen MR) is 98.3 cm³/mol. The van der Waals surface area contributed by atoms with Crippen molar-refractivity contribution in [2.45, 2.75) is 31.6 Å². The fourth-order valence-electron chi connectivity index (χ4n) is 3.03. The van der Waals surface area contributed by atoms with E-state index < -0.39 is 10.0 Å². The zero-order valence-electron chi connectivity index (χ0n) is 14.5. The summed E-state index contributed by atoms with van der Waals surface area (Å²) >= 11 is 0. The number of aryl methyl sites for hydroxylation is 2. The van der Waals surface area contributed by atoms with Crippen LogP contribution in [-0.2, 0) is 10.0 Å². The first-order valence-corrected chi connectivity index (χ1v) is 9.84. The number of sulfonamides is 1. The number of nitrogens with zero attached hydrogens (tertiary/aromatic N) is 1. The Morgan fingerprint density at radius 3 is 2.48 bits per heavy atom. The summed E-state index contributed by atoms with van der Waals surface area (Å²) in [7, 11) is -3.70. The lowest BCUT2D eigenvalue weighted by Gasteiger charge is -2.16. The van der Waals surface area contributed by atoms with Crippen molar-refractivity contribution >= 4 is 21.6 Å². The fourth-order valence-corrected chi connectivity index (χ4v) is 4.41. The number of hydrogen-bond acceptors (Lipinski definition) is 3. The van der Waals surface area contributed by atoms with Gasteiger partial charge in [0.2, 0.25) is 0 Å². The van der Waals surface area contributed by atoms with E-state index >= 15 is 0 Å². The maximum absolute atomic E-state index is 12.7. The number of likely N-dealkylation sites (tertiary alicyclic amines) is 1. The number of anilines is 1. The third kappa shape index (κ3) is 3.85. The van der Waals surface area contributed by atoms with Gasteiger partial charge in [-0.05, 0) is 62.1 Å². The van der Waals surface area contributed by atoms with Crippen molar-refractivity contribution in [1.29, 1.82) is 0 Å². The molecule has 1 heterocycles. The summed E-state index contributed by atoms with van der Waals surface area (Å²) in [5, 5.41) is 0. The van der Waals surface area contributed by atoms with Gasteiger partial charge in [-0.1, -0.05) is 18.2 Å². The molecule has 0 aromatic heterocycles. The summed E-state index contributed by atoms with van der Waals surface area (Å²) in [6.45, 7) is 5.14. The third-order valence-corrected chi connectivity index (χ3v) is 5.91. The number of carbonyl (C=O) groups excluding carboxylic acids is 1. The highest BCUT2D eigenvalue weighted by Crippen LogP contribution is 2.22. The number of hydrogen-bond donors (Lipinski definition) is 1. The molecule has 1 saturated heterocycles. The summed E-state index contributed by atoms with van der Waals surface area (Å²) in [4.78, 5) is 14.5. The smallest absolute Gasteiger partial charge is 0.262 e. The highest BCUT2D eigenvalue weighted by atomic mass is 32.2. The molecule has 1 aliphatic rings. The third-order valence-electron chi connectivity index (χ3n) is 4.39. The average molecular weight is 358 g/mol. The van der Waals surface area contributed by atoms with Crippen molar-refractivity contribution in [2.75, 3.05) is 17.8 Å². The number of benzene rings is 2. The molecule has 6 heteroatoms. The van der Waals surface area contributed by atoms with Crippen LogP contribution in [0.15, 0.2) is 47.4 Å². The van der Waals surface area contributed by atoms with Crippen LogP contribution in [0.25, 0.3) is 0 Å². The molecule has 132 valence electrons. The van der Waals surface area contributed by atoms with E-state index in [1.807, 2.05) is 13.0 Å². The molecule has 3 rings (SSSR count). The molecule has 0 radical (unpaired) electrons. The SMILES string of the molecule is Cc1ccc(C)c(S(=O)(=O)Nc2cccc(C(=O)N3CCCC3)c2)c1. The Labute approximate surface area is 148 Å². The van der Waals surface area contributed by atoms with Crippen molar-refractivity contribution in [1.82, 2.24) is 4.90 Å². The number of carbonyl (C=O) groups is 1. The minimum Gasteiger partial charge on any atom is -0.339 e. The molecular formula is C19H22N2O3S. The Bertz CT molecular complexity index is 901. The Morgan fingerprint density at radius 1 is 1.04 bits per heavy atom. The van der Waals surface area contributed by atoms with Gasteiger partial charge in [-0.2, -0.15) is 0 Å². The second kappa shape index (κ2) is 6.88. The van der Waals surface area contributed by atoms with Crippen LogP contribution in [0.3, 0.4) is 0 Å². The standard InChI is InChI=1S/C19H22N2O3S/c1-14-8-9-15(2)18(12-14)25(23,24)20-17-7-5-6-16(13-17)19(22)21-10-3-4-11-21/h5-9,12-13,20H,3-4,10-11H2,1-2H3. The molecule has 0 atom stereocenters. The summed E-state index contributed by atoms with van der Waals surface area (Å²) in [5.41, 5.74) is 2.46. The minimum atomic E-state index is -3.70.